The van der Waals surface area contributed by atoms with E-state index >= 15 is 0 Å². The average molecular weight is 340 g/mol. The van der Waals surface area contributed by atoms with E-state index < -0.39 is 6.10 Å². The number of carbonyl (C=O) groups is 2. The van der Waals surface area contributed by atoms with Crippen LogP contribution < -0.4 is 0 Å². The van der Waals surface area contributed by atoms with Crippen LogP contribution in [0.25, 0.3) is 0 Å². The van der Waals surface area contributed by atoms with Gasteiger partial charge in [-0.25, -0.2) is 9.97 Å². The zero-order chi connectivity index (χ0) is 17.8. The van der Waals surface area contributed by atoms with Crippen molar-refractivity contribution in [1.82, 2.24) is 19.8 Å². The second-order valence-corrected chi connectivity index (χ2v) is 6.12. The summed E-state index contributed by atoms with van der Waals surface area (Å²) in [7, 11) is 0. The lowest BCUT2D eigenvalue weighted by Gasteiger charge is -2.21. The first-order valence-corrected chi connectivity index (χ1v) is 8.10. The number of β-amino-alcohol motifs (C(OH)–C–C–N with tert-alkyl or cyclic N) is 1. The molecule has 1 aromatic carbocycles. The Balaban J connectivity index is 1.73. The number of hydrogen-bond donors (Lipinski definition) is 1. The predicted molar refractivity (Wildman–Crippen MR) is 90.5 cm³/mol. The van der Waals surface area contributed by atoms with Gasteiger partial charge in [-0.2, -0.15) is 0 Å². The first-order chi connectivity index (χ1) is 12.0. The minimum Gasteiger partial charge on any atom is -0.389 e. The molecule has 1 aliphatic rings. The maximum Gasteiger partial charge on any atom is 0.257 e. The van der Waals surface area contributed by atoms with Gasteiger partial charge in [0.05, 0.1) is 11.7 Å². The van der Waals surface area contributed by atoms with E-state index in [1.807, 2.05) is 30.3 Å². The largest absolute Gasteiger partial charge is 0.389 e. The molecule has 1 aromatic heterocycles. The molecule has 1 saturated heterocycles. The normalized spacial score (nSPS) is 18.2. The van der Waals surface area contributed by atoms with Crippen LogP contribution in [0.2, 0.25) is 0 Å². The average Bonchev–Trinajstić information content (AvgIpc) is 2.74. The Bertz CT molecular complexity index is 749. The molecular weight excluding hydrogens is 320 g/mol. The Kier molecular flexibility index (Phi) is 5.04. The van der Waals surface area contributed by atoms with E-state index in [-0.39, 0.29) is 31.4 Å². The summed E-state index contributed by atoms with van der Waals surface area (Å²) in [5, 5.41) is 10.2. The molecule has 0 bridgehead atoms. The molecule has 1 atom stereocenters. The van der Waals surface area contributed by atoms with Crippen molar-refractivity contribution < 1.29 is 14.7 Å². The maximum atomic E-state index is 12.6. The highest BCUT2D eigenvalue weighted by atomic mass is 16.3. The van der Waals surface area contributed by atoms with E-state index in [1.165, 1.54) is 17.3 Å². The van der Waals surface area contributed by atoms with Crippen molar-refractivity contribution in [2.24, 2.45) is 0 Å². The highest BCUT2D eigenvalue weighted by Crippen LogP contribution is 2.13. The molecule has 7 heteroatoms. The Morgan fingerprint density at radius 3 is 2.56 bits per heavy atom. The minimum absolute atomic E-state index is 0.0728. The zero-order valence-electron chi connectivity index (χ0n) is 14.0. The molecule has 2 aromatic rings. The van der Waals surface area contributed by atoms with E-state index in [1.54, 1.807) is 11.8 Å². The second-order valence-electron chi connectivity index (χ2n) is 6.12. The van der Waals surface area contributed by atoms with Crippen LogP contribution in [0, 0.1) is 6.92 Å². The van der Waals surface area contributed by atoms with Crippen molar-refractivity contribution in [1.29, 1.82) is 0 Å². The summed E-state index contributed by atoms with van der Waals surface area (Å²) in [6.45, 7) is 2.36. The van der Waals surface area contributed by atoms with Crippen molar-refractivity contribution in [3.8, 4) is 0 Å². The van der Waals surface area contributed by atoms with Crippen molar-refractivity contribution in [3.05, 3.63) is 59.7 Å². The predicted octanol–water partition coefficient (Wildman–Crippen LogP) is 0.631. The summed E-state index contributed by atoms with van der Waals surface area (Å²) in [6.07, 6.45) is 2.08. The van der Waals surface area contributed by atoms with E-state index in [4.69, 9.17) is 0 Å². The molecule has 1 aliphatic heterocycles. The number of benzene rings is 1. The molecule has 25 heavy (non-hydrogen) atoms. The van der Waals surface area contributed by atoms with Gasteiger partial charge in [0.1, 0.15) is 12.4 Å². The number of carbonyl (C=O) groups excluding carboxylic acids is 2. The van der Waals surface area contributed by atoms with Gasteiger partial charge in [0, 0.05) is 32.0 Å². The molecule has 1 fully saturated rings. The van der Waals surface area contributed by atoms with Crippen LogP contribution in [0.3, 0.4) is 0 Å². The Hall–Kier alpha value is -2.80. The highest BCUT2D eigenvalue weighted by Gasteiger charge is 2.30. The number of aliphatic hydroxyl groups is 1. The zero-order valence-corrected chi connectivity index (χ0v) is 14.0. The number of aromatic nitrogens is 2. The molecule has 0 aliphatic carbocycles. The molecular formula is C18H20N4O3. The van der Waals surface area contributed by atoms with Gasteiger partial charge in [0.15, 0.2) is 0 Å². The molecule has 2 amide bonds. The first kappa shape index (κ1) is 17.0. The van der Waals surface area contributed by atoms with Gasteiger partial charge < -0.3 is 14.9 Å². The number of rotatable bonds is 3. The smallest absolute Gasteiger partial charge is 0.257 e. The molecule has 0 radical (unpaired) electrons. The lowest BCUT2D eigenvalue weighted by molar-refractivity contribution is -0.131. The minimum atomic E-state index is -0.800. The third-order valence-corrected chi connectivity index (χ3v) is 4.07. The molecule has 0 saturated carbocycles. The van der Waals surface area contributed by atoms with Gasteiger partial charge >= 0.3 is 0 Å². The highest BCUT2D eigenvalue weighted by molar-refractivity contribution is 5.96. The summed E-state index contributed by atoms with van der Waals surface area (Å²) in [5.74, 6) is 0.0216. The third-order valence-electron chi connectivity index (χ3n) is 4.07. The van der Waals surface area contributed by atoms with Crippen LogP contribution in [-0.2, 0) is 11.3 Å². The Labute approximate surface area is 145 Å². The molecule has 1 unspecified atom stereocenters. The van der Waals surface area contributed by atoms with Gasteiger partial charge in [-0.15, -0.1) is 0 Å². The van der Waals surface area contributed by atoms with Gasteiger partial charge in [-0.05, 0) is 12.5 Å². The summed E-state index contributed by atoms with van der Waals surface area (Å²) in [6, 6.07) is 9.57. The van der Waals surface area contributed by atoms with Crippen molar-refractivity contribution in [2.75, 3.05) is 19.6 Å². The number of amides is 2. The standard InChI is InChI=1S/C18H20N4O3/c1-13-19-7-15(8-20-13)18(25)22-11-16(23)10-21(17(24)12-22)9-14-5-3-2-4-6-14/h2-8,16,23H,9-12H2,1H3. The molecule has 0 spiro atoms. The molecule has 2 heterocycles. The number of aliphatic hydroxyl groups excluding tert-OH is 1. The summed E-state index contributed by atoms with van der Waals surface area (Å²) in [4.78, 5) is 36.1. The number of aryl methyl sites for hydroxylation is 1. The monoisotopic (exact) mass is 340 g/mol. The van der Waals surface area contributed by atoms with Crippen LogP contribution in [0.5, 0.6) is 0 Å². The van der Waals surface area contributed by atoms with Gasteiger partial charge in [-0.1, -0.05) is 30.3 Å². The lowest BCUT2D eigenvalue weighted by Crippen LogP contribution is -2.39. The SMILES string of the molecule is Cc1ncc(C(=O)N2CC(=O)N(Cc3ccccc3)CC(O)C2)cn1. The van der Waals surface area contributed by atoms with E-state index in [2.05, 4.69) is 9.97 Å². The summed E-state index contributed by atoms with van der Waals surface area (Å²) >= 11 is 0. The van der Waals surface area contributed by atoms with Gasteiger partial charge in [0.2, 0.25) is 5.91 Å². The van der Waals surface area contributed by atoms with Crippen molar-refractivity contribution in [3.63, 3.8) is 0 Å². The van der Waals surface area contributed by atoms with Gasteiger partial charge in [-0.3, -0.25) is 9.59 Å². The number of nitrogens with zero attached hydrogens (tertiary/aromatic N) is 4. The fourth-order valence-electron chi connectivity index (χ4n) is 2.79. The topological polar surface area (TPSA) is 86.6 Å². The molecule has 1 N–H and O–H groups in total. The molecule has 7 nitrogen and oxygen atoms in total. The second kappa shape index (κ2) is 7.40. The number of hydrogen-bond acceptors (Lipinski definition) is 5. The maximum absolute atomic E-state index is 12.6. The fraction of sp³-hybridized carbons (Fsp3) is 0.333. The molecule has 130 valence electrons. The first-order valence-electron chi connectivity index (χ1n) is 8.10. The van der Waals surface area contributed by atoms with E-state index in [0.29, 0.717) is 17.9 Å². The summed E-state index contributed by atoms with van der Waals surface area (Å²) < 4.78 is 0. The van der Waals surface area contributed by atoms with Crippen LogP contribution >= 0.6 is 0 Å². The fourth-order valence-corrected chi connectivity index (χ4v) is 2.79. The quantitative estimate of drug-likeness (QED) is 0.886. The summed E-state index contributed by atoms with van der Waals surface area (Å²) in [5.41, 5.74) is 1.29. The van der Waals surface area contributed by atoms with Crippen LogP contribution in [0.15, 0.2) is 42.7 Å². The Morgan fingerprint density at radius 2 is 1.88 bits per heavy atom. The van der Waals surface area contributed by atoms with Gasteiger partial charge in [0.25, 0.3) is 5.91 Å². The van der Waals surface area contributed by atoms with Crippen LogP contribution in [0.1, 0.15) is 21.7 Å². The Morgan fingerprint density at radius 1 is 1.20 bits per heavy atom. The molecule has 3 rings (SSSR count). The van der Waals surface area contributed by atoms with E-state index in [9.17, 15) is 14.7 Å². The van der Waals surface area contributed by atoms with Crippen molar-refractivity contribution in [2.45, 2.75) is 19.6 Å². The van der Waals surface area contributed by atoms with E-state index in [0.717, 1.165) is 5.56 Å². The van der Waals surface area contributed by atoms with Crippen molar-refractivity contribution >= 4 is 11.8 Å². The lowest BCUT2D eigenvalue weighted by atomic mass is 10.2. The van der Waals surface area contributed by atoms with Crippen LogP contribution in [-0.4, -0.2) is 62.4 Å². The van der Waals surface area contributed by atoms with Crippen LogP contribution in [0.4, 0.5) is 0 Å². The third kappa shape index (κ3) is 4.19.